The molecule has 3 aromatic carbocycles. The van der Waals surface area contributed by atoms with Gasteiger partial charge in [0.05, 0.1) is 5.69 Å². The third kappa shape index (κ3) is 4.46. The molecule has 5 rings (SSSR count). The molecule has 0 N–H and O–H groups in total. The molecule has 6 heteroatoms. The van der Waals surface area contributed by atoms with Crippen molar-refractivity contribution in [3.8, 4) is 22.9 Å². The van der Waals surface area contributed by atoms with Crippen LogP contribution in [0.15, 0.2) is 77.8 Å². The summed E-state index contributed by atoms with van der Waals surface area (Å²) in [6, 6.07) is 22.0. The highest BCUT2D eigenvalue weighted by Crippen LogP contribution is 2.35. The molecule has 0 fully saturated rings. The fraction of sp³-hybridized carbons (Fsp3) is 0.148. The van der Waals surface area contributed by atoms with E-state index in [0.717, 1.165) is 51.1 Å². The molecule has 5 nitrogen and oxygen atoms in total. The number of ether oxygens (including phenoxy) is 3. The largest absolute Gasteiger partial charge is 0.489 e. The van der Waals surface area contributed by atoms with Crippen molar-refractivity contribution in [2.45, 2.75) is 20.5 Å². The minimum absolute atomic E-state index is 0.249. The Balaban J connectivity index is 1.31. The van der Waals surface area contributed by atoms with E-state index in [1.54, 1.807) is 12.1 Å². The van der Waals surface area contributed by atoms with Gasteiger partial charge in [0.2, 0.25) is 6.79 Å². The minimum atomic E-state index is -0.249. The third-order valence-corrected chi connectivity index (χ3v) is 5.59. The van der Waals surface area contributed by atoms with Crippen molar-refractivity contribution < 1.29 is 18.6 Å². The average molecular weight is 442 g/mol. The molecule has 0 aliphatic carbocycles. The van der Waals surface area contributed by atoms with Gasteiger partial charge in [0.15, 0.2) is 11.5 Å². The van der Waals surface area contributed by atoms with Gasteiger partial charge in [-0.05, 0) is 74.0 Å². The predicted octanol–water partition coefficient (Wildman–Crippen LogP) is 6.29. The third-order valence-electron chi connectivity index (χ3n) is 5.59. The molecule has 0 unspecified atom stereocenters. The fourth-order valence-corrected chi connectivity index (χ4v) is 3.86. The van der Waals surface area contributed by atoms with Gasteiger partial charge in [-0.3, -0.25) is 4.99 Å². The molecule has 0 spiro atoms. The van der Waals surface area contributed by atoms with E-state index in [1.165, 1.54) is 12.1 Å². The van der Waals surface area contributed by atoms with Crippen LogP contribution in [0.3, 0.4) is 0 Å². The number of rotatable bonds is 6. The summed E-state index contributed by atoms with van der Waals surface area (Å²) >= 11 is 0. The fourth-order valence-electron chi connectivity index (χ4n) is 3.86. The SMILES string of the molecule is Cc1cc(C=Nc2ccc3c(c2)OCO3)c(C)n1-c1ccc(OCc2ccc(F)cc2)cc1. The molecule has 2 heterocycles. The van der Waals surface area contributed by atoms with Crippen LogP contribution in [0.1, 0.15) is 22.5 Å². The van der Waals surface area contributed by atoms with Gasteiger partial charge in [0.1, 0.15) is 18.2 Å². The molecule has 0 atom stereocenters. The van der Waals surface area contributed by atoms with Crippen molar-refractivity contribution in [2.24, 2.45) is 4.99 Å². The summed E-state index contributed by atoms with van der Waals surface area (Å²) in [5.74, 6) is 1.98. The Morgan fingerprint density at radius 3 is 2.48 bits per heavy atom. The van der Waals surface area contributed by atoms with Crippen LogP contribution in [0.4, 0.5) is 10.1 Å². The Labute approximate surface area is 191 Å². The van der Waals surface area contributed by atoms with Gasteiger partial charge in [-0.1, -0.05) is 12.1 Å². The van der Waals surface area contributed by atoms with E-state index in [0.29, 0.717) is 6.61 Å². The Hall–Kier alpha value is -4.06. The van der Waals surface area contributed by atoms with Gasteiger partial charge in [-0.25, -0.2) is 4.39 Å². The summed E-state index contributed by atoms with van der Waals surface area (Å²) in [6.07, 6.45) is 1.87. The number of aliphatic imine (C=N–C) groups is 1. The molecule has 33 heavy (non-hydrogen) atoms. The molecule has 1 aliphatic heterocycles. The van der Waals surface area contributed by atoms with Crippen molar-refractivity contribution in [3.05, 3.63) is 101 Å². The van der Waals surface area contributed by atoms with Crippen molar-refractivity contribution in [1.82, 2.24) is 4.57 Å². The summed E-state index contributed by atoms with van der Waals surface area (Å²) < 4.78 is 31.8. The normalized spacial score (nSPS) is 12.5. The molecule has 0 saturated carbocycles. The lowest BCUT2D eigenvalue weighted by molar-refractivity contribution is 0.174. The molecule has 0 radical (unpaired) electrons. The number of hydrogen-bond acceptors (Lipinski definition) is 4. The summed E-state index contributed by atoms with van der Waals surface area (Å²) in [5.41, 5.74) is 6.02. The van der Waals surface area contributed by atoms with Gasteiger partial charge in [0.25, 0.3) is 0 Å². The monoisotopic (exact) mass is 442 g/mol. The van der Waals surface area contributed by atoms with E-state index in [1.807, 2.05) is 48.7 Å². The van der Waals surface area contributed by atoms with Crippen LogP contribution >= 0.6 is 0 Å². The second kappa shape index (κ2) is 8.82. The van der Waals surface area contributed by atoms with Crippen molar-refractivity contribution in [1.29, 1.82) is 0 Å². The molecule has 4 aromatic rings. The zero-order chi connectivity index (χ0) is 22.8. The summed E-state index contributed by atoms with van der Waals surface area (Å²) in [4.78, 5) is 4.62. The minimum Gasteiger partial charge on any atom is -0.489 e. The first-order chi connectivity index (χ1) is 16.1. The predicted molar refractivity (Wildman–Crippen MR) is 126 cm³/mol. The van der Waals surface area contributed by atoms with Crippen LogP contribution in [-0.4, -0.2) is 17.6 Å². The molecular weight excluding hydrogens is 419 g/mol. The van der Waals surface area contributed by atoms with Crippen LogP contribution in [0.25, 0.3) is 5.69 Å². The summed E-state index contributed by atoms with van der Waals surface area (Å²) in [7, 11) is 0. The van der Waals surface area contributed by atoms with E-state index < -0.39 is 0 Å². The Kier molecular flexibility index (Phi) is 5.57. The zero-order valence-electron chi connectivity index (χ0n) is 18.4. The standard InChI is InChI=1S/C27H23FN2O3/c1-18-13-21(15-29-23-7-12-26-27(14-23)33-17-32-26)19(2)30(18)24-8-10-25(11-9-24)31-16-20-3-5-22(28)6-4-20/h3-15H,16-17H2,1-2H3. The highest BCUT2D eigenvalue weighted by atomic mass is 19.1. The molecule has 1 aromatic heterocycles. The first kappa shape index (κ1) is 20.8. The molecule has 0 saturated heterocycles. The lowest BCUT2D eigenvalue weighted by atomic mass is 10.2. The molecule has 0 bridgehead atoms. The number of aryl methyl sites for hydroxylation is 1. The number of hydrogen-bond donors (Lipinski definition) is 0. The Morgan fingerprint density at radius 2 is 1.70 bits per heavy atom. The number of fused-ring (bicyclic) bond motifs is 1. The molecule has 1 aliphatic rings. The lowest BCUT2D eigenvalue weighted by Gasteiger charge is -2.11. The van der Waals surface area contributed by atoms with Crippen LogP contribution in [0.2, 0.25) is 0 Å². The maximum atomic E-state index is 13.0. The van der Waals surface area contributed by atoms with Crippen molar-refractivity contribution >= 4 is 11.9 Å². The van der Waals surface area contributed by atoms with Gasteiger partial charge in [-0.2, -0.15) is 0 Å². The van der Waals surface area contributed by atoms with Crippen LogP contribution in [0.5, 0.6) is 17.2 Å². The van der Waals surface area contributed by atoms with Crippen molar-refractivity contribution in [3.63, 3.8) is 0 Å². The van der Waals surface area contributed by atoms with Crippen LogP contribution in [-0.2, 0) is 6.61 Å². The highest BCUT2D eigenvalue weighted by Gasteiger charge is 2.13. The second-order valence-electron chi connectivity index (χ2n) is 7.87. The van der Waals surface area contributed by atoms with E-state index in [2.05, 4.69) is 29.5 Å². The summed E-state index contributed by atoms with van der Waals surface area (Å²) in [6.45, 7) is 4.79. The second-order valence-corrected chi connectivity index (χ2v) is 7.87. The van der Waals surface area contributed by atoms with Gasteiger partial charge in [-0.15, -0.1) is 0 Å². The molecule has 166 valence electrons. The number of benzene rings is 3. The van der Waals surface area contributed by atoms with Gasteiger partial charge in [0, 0.05) is 34.9 Å². The van der Waals surface area contributed by atoms with E-state index in [9.17, 15) is 4.39 Å². The van der Waals surface area contributed by atoms with E-state index in [-0.39, 0.29) is 12.6 Å². The first-order valence-corrected chi connectivity index (χ1v) is 10.7. The topological polar surface area (TPSA) is 45.0 Å². The average Bonchev–Trinajstić information content (AvgIpc) is 3.41. The smallest absolute Gasteiger partial charge is 0.231 e. The lowest BCUT2D eigenvalue weighted by Crippen LogP contribution is -2.00. The molecular formula is C27H23FN2O3. The van der Waals surface area contributed by atoms with E-state index >= 15 is 0 Å². The van der Waals surface area contributed by atoms with Gasteiger partial charge < -0.3 is 18.8 Å². The number of halogens is 1. The Morgan fingerprint density at radius 1 is 0.939 bits per heavy atom. The Bertz CT molecular complexity index is 1310. The quantitative estimate of drug-likeness (QED) is 0.330. The van der Waals surface area contributed by atoms with Gasteiger partial charge >= 0.3 is 0 Å². The highest BCUT2D eigenvalue weighted by molar-refractivity contribution is 5.84. The van der Waals surface area contributed by atoms with E-state index in [4.69, 9.17) is 14.2 Å². The zero-order valence-corrected chi connectivity index (χ0v) is 18.4. The summed E-state index contributed by atoms with van der Waals surface area (Å²) in [5, 5.41) is 0. The molecule has 0 amide bonds. The van der Waals surface area contributed by atoms with Crippen LogP contribution < -0.4 is 14.2 Å². The maximum Gasteiger partial charge on any atom is 0.231 e. The van der Waals surface area contributed by atoms with Crippen LogP contribution in [0, 0.1) is 19.7 Å². The maximum absolute atomic E-state index is 13.0. The first-order valence-electron chi connectivity index (χ1n) is 10.7. The number of aromatic nitrogens is 1. The number of nitrogens with zero attached hydrogens (tertiary/aromatic N) is 2. The van der Waals surface area contributed by atoms with Crippen molar-refractivity contribution in [2.75, 3.05) is 6.79 Å².